The molecule has 0 aliphatic carbocycles. The van der Waals surface area contributed by atoms with Crippen molar-refractivity contribution in [3.63, 3.8) is 0 Å². The number of likely N-dealkylation sites (tertiary alicyclic amines) is 1. The van der Waals surface area contributed by atoms with E-state index in [2.05, 4.69) is 15.9 Å². The lowest BCUT2D eigenvalue weighted by Crippen LogP contribution is -2.31. The number of carbonyl (C=O) groups is 2. The fraction of sp³-hybridized carbons (Fsp3) is 0.333. The van der Waals surface area contributed by atoms with E-state index in [4.69, 9.17) is 13.9 Å². The quantitative estimate of drug-likeness (QED) is 0.290. The number of methoxy groups -OCH3 is 2. The Bertz CT molecular complexity index is 964. The van der Waals surface area contributed by atoms with Crippen molar-refractivity contribution in [1.82, 2.24) is 4.90 Å². The maximum Gasteiger partial charge on any atom is 0.295 e. The van der Waals surface area contributed by atoms with Crippen molar-refractivity contribution in [3.05, 3.63) is 57.5 Å². The number of halogens is 1. The molecule has 1 saturated heterocycles. The number of benzene rings is 1. The van der Waals surface area contributed by atoms with E-state index in [1.54, 1.807) is 44.4 Å². The minimum Gasteiger partial charge on any atom is -0.507 e. The summed E-state index contributed by atoms with van der Waals surface area (Å²) in [5.41, 5.74) is 0.389. The topological polar surface area (TPSA) is 89.2 Å². The Kier molecular flexibility index (Phi) is 6.44. The summed E-state index contributed by atoms with van der Waals surface area (Å²) in [5.74, 6) is -0.0251. The van der Waals surface area contributed by atoms with Gasteiger partial charge in [0.05, 0.1) is 17.2 Å². The van der Waals surface area contributed by atoms with E-state index in [1.165, 1.54) is 12.0 Å². The van der Waals surface area contributed by atoms with E-state index in [9.17, 15) is 14.7 Å². The van der Waals surface area contributed by atoms with Crippen LogP contribution in [0.4, 0.5) is 0 Å². The van der Waals surface area contributed by atoms with Crippen LogP contribution in [-0.2, 0) is 14.3 Å². The maximum absolute atomic E-state index is 12.8. The number of nitrogens with zero attached hydrogens (tertiary/aromatic N) is 1. The number of rotatable bonds is 7. The molecule has 1 unspecified atom stereocenters. The van der Waals surface area contributed by atoms with Crippen LogP contribution < -0.4 is 4.74 Å². The van der Waals surface area contributed by atoms with Crippen LogP contribution in [0.25, 0.3) is 5.76 Å². The van der Waals surface area contributed by atoms with Gasteiger partial charge in [-0.15, -0.1) is 0 Å². The van der Waals surface area contributed by atoms with Gasteiger partial charge in [0.2, 0.25) is 0 Å². The number of furan rings is 1. The molecule has 0 spiro atoms. The van der Waals surface area contributed by atoms with Crippen LogP contribution >= 0.6 is 15.9 Å². The molecule has 1 N–H and O–H groups in total. The molecule has 29 heavy (non-hydrogen) atoms. The number of Topliss-reactive ketones (excluding diaryl/α,β-unsaturated/α-hetero) is 1. The van der Waals surface area contributed by atoms with Crippen molar-refractivity contribution >= 4 is 33.4 Å². The van der Waals surface area contributed by atoms with Crippen molar-refractivity contribution < 1.29 is 28.6 Å². The van der Waals surface area contributed by atoms with E-state index in [0.29, 0.717) is 46.9 Å². The number of aliphatic hydroxyl groups is 1. The zero-order valence-electron chi connectivity index (χ0n) is 16.4. The van der Waals surface area contributed by atoms with E-state index < -0.39 is 17.7 Å². The molecule has 0 saturated carbocycles. The lowest BCUT2D eigenvalue weighted by atomic mass is 9.99. The second-order valence-electron chi connectivity index (χ2n) is 6.64. The highest BCUT2D eigenvalue weighted by molar-refractivity contribution is 9.10. The number of amides is 1. The summed E-state index contributed by atoms with van der Waals surface area (Å²) >= 11 is 3.38. The predicted molar refractivity (Wildman–Crippen MR) is 110 cm³/mol. The maximum atomic E-state index is 12.8. The summed E-state index contributed by atoms with van der Waals surface area (Å²) < 4.78 is 16.6. The number of hydrogen-bond donors (Lipinski definition) is 1. The Labute approximate surface area is 177 Å². The molecule has 1 aliphatic rings. The highest BCUT2D eigenvalue weighted by atomic mass is 79.9. The molecule has 1 aliphatic heterocycles. The molecule has 154 valence electrons. The first-order valence-electron chi connectivity index (χ1n) is 9.06. The summed E-state index contributed by atoms with van der Waals surface area (Å²) in [6.45, 7) is 2.52. The molecule has 3 rings (SSSR count). The molecular formula is C21H22BrNO6. The van der Waals surface area contributed by atoms with E-state index >= 15 is 0 Å². The molecule has 1 amide bonds. The summed E-state index contributed by atoms with van der Waals surface area (Å²) in [4.78, 5) is 27.0. The molecule has 0 bridgehead atoms. The first-order valence-corrected chi connectivity index (χ1v) is 9.86. The molecule has 2 aromatic rings. The van der Waals surface area contributed by atoms with Crippen molar-refractivity contribution in [1.29, 1.82) is 0 Å². The Balaban J connectivity index is 2.10. The summed E-state index contributed by atoms with van der Waals surface area (Å²) in [6, 6.07) is 7.60. The fourth-order valence-electron chi connectivity index (χ4n) is 3.36. The third-order valence-corrected chi connectivity index (χ3v) is 5.36. The Morgan fingerprint density at radius 2 is 2.00 bits per heavy atom. The van der Waals surface area contributed by atoms with Crippen LogP contribution in [-0.4, -0.2) is 49.1 Å². The largest absolute Gasteiger partial charge is 0.507 e. The molecule has 0 radical (unpaired) electrons. The van der Waals surface area contributed by atoms with Gasteiger partial charge >= 0.3 is 0 Å². The minimum absolute atomic E-state index is 0.00108. The normalized spacial score (nSPS) is 18.5. The molecule has 1 fully saturated rings. The molecule has 7 nitrogen and oxygen atoms in total. The van der Waals surface area contributed by atoms with Gasteiger partial charge in [0, 0.05) is 25.8 Å². The lowest BCUT2D eigenvalue weighted by molar-refractivity contribution is -0.140. The van der Waals surface area contributed by atoms with Gasteiger partial charge in [0.1, 0.15) is 29.1 Å². The SMILES string of the molecule is COCCCN1C(=O)C(=O)/C(=C(\O)c2ccc(OC)c(Br)c2)C1c1ccc(C)o1. The van der Waals surface area contributed by atoms with Gasteiger partial charge in [-0.1, -0.05) is 0 Å². The fourth-order valence-corrected chi connectivity index (χ4v) is 3.90. The van der Waals surface area contributed by atoms with Crippen molar-refractivity contribution in [2.24, 2.45) is 0 Å². The Hall–Kier alpha value is -2.58. The Morgan fingerprint density at radius 1 is 1.24 bits per heavy atom. The van der Waals surface area contributed by atoms with E-state index in [-0.39, 0.29) is 11.3 Å². The standard InChI is InChI=1S/C21H22BrNO6/c1-12-5-7-16(29-12)18-17(20(25)21(26)23(18)9-4-10-27-2)19(24)13-6-8-15(28-3)14(22)11-13/h5-8,11,18,24H,4,9-10H2,1-3H3/b19-17-. The molecule has 1 atom stereocenters. The second kappa shape index (κ2) is 8.84. The van der Waals surface area contributed by atoms with Crippen molar-refractivity contribution in [2.45, 2.75) is 19.4 Å². The van der Waals surface area contributed by atoms with Gasteiger partial charge in [0.25, 0.3) is 11.7 Å². The number of hydrogen-bond acceptors (Lipinski definition) is 6. The van der Waals surface area contributed by atoms with Crippen molar-refractivity contribution in [2.75, 3.05) is 27.4 Å². The molecular weight excluding hydrogens is 442 g/mol. The summed E-state index contributed by atoms with van der Waals surface area (Å²) in [7, 11) is 3.10. The van der Waals surface area contributed by atoms with Gasteiger partial charge in [0.15, 0.2) is 0 Å². The zero-order valence-corrected chi connectivity index (χ0v) is 18.0. The number of ether oxygens (including phenoxy) is 2. The molecule has 1 aromatic carbocycles. The lowest BCUT2D eigenvalue weighted by Gasteiger charge is -2.23. The van der Waals surface area contributed by atoms with Gasteiger partial charge in [-0.25, -0.2) is 0 Å². The first-order chi connectivity index (χ1) is 13.9. The van der Waals surface area contributed by atoms with Gasteiger partial charge in [-0.05, 0) is 59.6 Å². The van der Waals surface area contributed by atoms with Crippen LogP contribution in [0, 0.1) is 6.92 Å². The average Bonchev–Trinajstić information content (AvgIpc) is 3.23. The minimum atomic E-state index is -0.804. The highest BCUT2D eigenvalue weighted by Crippen LogP contribution is 2.40. The van der Waals surface area contributed by atoms with E-state index in [0.717, 1.165) is 0 Å². The number of ketones is 1. The first kappa shape index (κ1) is 21.1. The van der Waals surface area contributed by atoms with Crippen LogP contribution in [0.2, 0.25) is 0 Å². The van der Waals surface area contributed by atoms with Crippen LogP contribution in [0.3, 0.4) is 0 Å². The molecule has 8 heteroatoms. The molecule has 1 aromatic heterocycles. The predicted octanol–water partition coefficient (Wildman–Crippen LogP) is 3.82. The Morgan fingerprint density at radius 3 is 2.59 bits per heavy atom. The summed E-state index contributed by atoms with van der Waals surface area (Å²) in [5, 5.41) is 11.0. The van der Waals surface area contributed by atoms with Crippen LogP contribution in [0.5, 0.6) is 5.75 Å². The van der Waals surface area contributed by atoms with Gasteiger partial charge in [-0.2, -0.15) is 0 Å². The number of aryl methyl sites for hydroxylation is 1. The van der Waals surface area contributed by atoms with Crippen molar-refractivity contribution in [3.8, 4) is 5.75 Å². The third kappa shape index (κ3) is 4.09. The third-order valence-electron chi connectivity index (χ3n) is 4.74. The summed E-state index contributed by atoms with van der Waals surface area (Å²) in [6.07, 6.45) is 0.549. The van der Waals surface area contributed by atoms with Gasteiger partial charge < -0.3 is 23.9 Å². The highest BCUT2D eigenvalue weighted by Gasteiger charge is 2.47. The van der Waals surface area contributed by atoms with Gasteiger partial charge in [-0.3, -0.25) is 9.59 Å². The zero-order chi connectivity index (χ0) is 21.1. The molecule has 2 heterocycles. The van der Waals surface area contributed by atoms with Crippen LogP contribution in [0.15, 0.2) is 44.8 Å². The number of carbonyl (C=O) groups excluding carboxylic acids is 2. The monoisotopic (exact) mass is 463 g/mol. The van der Waals surface area contributed by atoms with Crippen LogP contribution in [0.1, 0.15) is 29.5 Å². The van der Waals surface area contributed by atoms with E-state index in [1.807, 2.05) is 0 Å². The second-order valence-corrected chi connectivity index (χ2v) is 7.49. The smallest absolute Gasteiger partial charge is 0.295 e. The average molecular weight is 464 g/mol. The number of aliphatic hydroxyl groups excluding tert-OH is 1.